The van der Waals surface area contributed by atoms with Gasteiger partial charge < -0.3 is 4.57 Å². The minimum Gasteiger partial charge on any atom is -0.351 e. The molecule has 14 heavy (non-hydrogen) atoms. The highest BCUT2D eigenvalue weighted by Crippen LogP contribution is 2.19. The number of rotatable bonds is 1. The topological polar surface area (TPSA) is 39.1 Å². The number of sulfone groups is 1. The first-order valence-electron chi connectivity index (χ1n) is 4.23. The first-order valence-corrected chi connectivity index (χ1v) is 6.13. The summed E-state index contributed by atoms with van der Waals surface area (Å²) in [7, 11) is -1.21. The lowest BCUT2D eigenvalue weighted by molar-refractivity contribution is 0.602. The van der Waals surface area contributed by atoms with E-state index >= 15 is 0 Å². The maximum atomic E-state index is 11.3. The fourth-order valence-electron chi connectivity index (χ4n) is 1.47. The maximum Gasteiger partial charge on any atom is 0.175 e. The molecule has 4 heteroatoms. The van der Waals surface area contributed by atoms with E-state index in [0.717, 1.165) is 10.9 Å². The van der Waals surface area contributed by atoms with Crippen molar-refractivity contribution in [1.82, 2.24) is 4.57 Å². The van der Waals surface area contributed by atoms with Gasteiger partial charge in [0.1, 0.15) is 0 Å². The predicted molar refractivity (Wildman–Crippen MR) is 56.0 cm³/mol. The summed E-state index contributed by atoms with van der Waals surface area (Å²) in [6.45, 7) is 0. The van der Waals surface area contributed by atoms with Crippen LogP contribution in [0.15, 0.2) is 35.4 Å². The molecule has 0 spiro atoms. The van der Waals surface area contributed by atoms with Crippen molar-refractivity contribution in [3.63, 3.8) is 0 Å². The van der Waals surface area contributed by atoms with E-state index in [1.165, 1.54) is 6.26 Å². The average molecular weight is 209 g/mol. The van der Waals surface area contributed by atoms with Crippen LogP contribution >= 0.6 is 0 Å². The van der Waals surface area contributed by atoms with Crippen LogP contribution in [0.1, 0.15) is 0 Å². The Balaban J connectivity index is 2.79. The van der Waals surface area contributed by atoms with Gasteiger partial charge in [-0.05, 0) is 23.6 Å². The summed E-state index contributed by atoms with van der Waals surface area (Å²) in [6.07, 6.45) is 3.13. The van der Waals surface area contributed by atoms with Gasteiger partial charge >= 0.3 is 0 Å². The Kier molecular flexibility index (Phi) is 1.89. The summed E-state index contributed by atoms with van der Waals surface area (Å²) in [6, 6.07) is 7.12. The number of aromatic nitrogens is 1. The largest absolute Gasteiger partial charge is 0.351 e. The molecule has 2 rings (SSSR count). The standard InChI is InChI=1S/C10H11NO2S/c1-11-6-5-8-3-4-9(7-10(8)11)14(2,12)13/h3-7H,1-2H3. The predicted octanol–water partition coefficient (Wildman–Crippen LogP) is 1.58. The summed E-state index contributed by atoms with van der Waals surface area (Å²) < 4.78 is 24.5. The van der Waals surface area contributed by atoms with E-state index in [2.05, 4.69) is 0 Å². The Morgan fingerprint density at radius 2 is 1.93 bits per heavy atom. The molecule has 0 bridgehead atoms. The lowest BCUT2D eigenvalue weighted by atomic mass is 10.2. The molecule has 0 aliphatic heterocycles. The van der Waals surface area contributed by atoms with Crippen LogP contribution in [-0.2, 0) is 16.9 Å². The minimum atomic E-state index is -3.10. The lowest BCUT2D eigenvalue weighted by Crippen LogP contribution is -1.97. The van der Waals surface area contributed by atoms with Crippen molar-refractivity contribution in [3.8, 4) is 0 Å². The van der Waals surface area contributed by atoms with Crippen LogP contribution in [0.2, 0.25) is 0 Å². The van der Waals surface area contributed by atoms with E-state index in [9.17, 15) is 8.42 Å². The Labute approximate surface area is 82.9 Å². The molecule has 1 aromatic carbocycles. The molecule has 0 N–H and O–H groups in total. The fraction of sp³-hybridized carbons (Fsp3) is 0.200. The molecular formula is C10H11NO2S. The number of fused-ring (bicyclic) bond motifs is 1. The highest BCUT2D eigenvalue weighted by molar-refractivity contribution is 7.90. The van der Waals surface area contributed by atoms with Crippen LogP contribution in [0.3, 0.4) is 0 Å². The van der Waals surface area contributed by atoms with Gasteiger partial charge in [-0.2, -0.15) is 0 Å². The fourth-order valence-corrected chi connectivity index (χ4v) is 2.11. The van der Waals surface area contributed by atoms with Crippen LogP contribution < -0.4 is 0 Å². The van der Waals surface area contributed by atoms with Crippen LogP contribution in [0, 0.1) is 0 Å². The Morgan fingerprint density at radius 1 is 1.21 bits per heavy atom. The summed E-state index contributed by atoms with van der Waals surface area (Å²) in [4.78, 5) is 0.367. The number of hydrogen-bond acceptors (Lipinski definition) is 2. The molecule has 0 saturated heterocycles. The van der Waals surface area contributed by atoms with Crippen molar-refractivity contribution in [1.29, 1.82) is 0 Å². The van der Waals surface area contributed by atoms with Crippen molar-refractivity contribution < 1.29 is 8.42 Å². The van der Waals surface area contributed by atoms with Gasteiger partial charge in [-0.25, -0.2) is 8.42 Å². The molecule has 1 heterocycles. The zero-order chi connectivity index (χ0) is 10.3. The average Bonchev–Trinajstić information content (AvgIpc) is 2.46. The Bertz CT molecular complexity index is 581. The van der Waals surface area contributed by atoms with Crippen molar-refractivity contribution in [2.45, 2.75) is 4.90 Å². The molecule has 1 aromatic heterocycles. The second-order valence-corrected chi connectivity index (χ2v) is 5.44. The van der Waals surface area contributed by atoms with Gasteiger partial charge in [-0.1, -0.05) is 6.07 Å². The van der Waals surface area contributed by atoms with Crippen molar-refractivity contribution in [2.75, 3.05) is 6.26 Å². The molecule has 0 amide bonds. The summed E-state index contributed by atoms with van der Waals surface area (Å²) >= 11 is 0. The molecule has 3 nitrogen and oxygen atoms in total. The van der Waals surface area contributed by atoms with E-state index in [-0.39, 0.29) is 0 Å². The molecule has 2 aromatic rings. The monoisotopic (exact) mass is 209 g/mol. The lowest BCUT2D eigenvalue weighted by Gasteiger charge is -2.00. The molecule has 74 valence electrons. The normalized spacial score (nSPS) is 12.1. The van der Waals surface area contributed by atoms with Gasteiger partial charge in [-0.15, -0.1) is 0 Å². The summed E-state index contributed by atoms with van der Waals surface area (Å²) in [5, 5.41) is 1.06. The smallest absolute Gasteiger partial charge is 0.175 e. The number of hydrogen-bond donors (Lipinski definition) is 0. The summed E-state index contributed by atoms with van der Waals surface area (Å²) in [5.41, 5.74) is 0.938. The van der Waals surface area contributed by atoms with Crippen molar-refractivity contribution in [3.05, 3.63) is 30.5 Å². The van der Waals surface area contributed by atoms with Crippen LogP contribution in [0.25, 0.3) is 10.9 Å². The number of nitrogens with zero attached hydrogens (tertiary/aromatic N) is 1. The van der Waals surface area contributed by atoms with E-state index in [4.69, 9.17) is 0 Å². The van der Waals surface area contributed by atoms with Crippen molar-refractivity contribution in [2.24, 2.45) is 7.05 Å². The SMILES string of the molecule is Cn1ccc2ccc(S(C)(=O)=O)cc21. The molecule has 0 aliphatic carbocycles. The molecule has 0 radical (unpaired) electrons. The molecule has 0 unspecified atom stereocenters. The van der Waals surface area contributed by atoms with Gasteiger partial charge in [-0.3, -0.25) is 0 Å². The zero-order valence-electron chi connectivity index (χ0n) is 8.06. The minimum absolute atomic E-state index is 0.367. The first kappa shape index (κ1) is 9.27. The van der Waals surface area contributed by atoms with Crippen LogP contribution in [0.4, 0.5) is 0 Å². The van der Waals surface area contributed by atoms with E-state index < -0.39 is 9.84 Å². The van der Waals surface area contributed by atoms with E-state index in [1.54, 1.807) is 12.1 Å². The summed E-state index contributed by atoms with van der Waals surface area (Å²) in [5.74, 6) is 0. The van der Waals surface area contributed by atoms with Gasteiger partial charge in [0, 0.05) is 25.0 Å². The van der Waals surface area contributed by atoms with Gasteiger partial charge in [0.15, 0.2) is 9.84 Å². The van der Waals surface area contributed by atoms with Crippen LogP contribution in [0.5, 0.6) is 0 Å². The van der Waals surface area contributed by atoms with Crippen molar-refractivity contribution >= 4 is 20.7 Å². The van der Waals surface area contributed by atoms with Gasteiger partial charge in [0.2, 0.25) is 0 Å². The highest BCUT2D eigenvalue weighted by Gasteiger charge is 2.08. The number of aryl methyl sites for hydroxylation is 1. The Hall–Kier alpha value is -1.29. The second-order valence-electron chi connectivity index (χ2n) is 3.42. The number of benzene rings is 1. The maximum absolute atomic E-state index is 11.3. The third-order valence-electron chi connectivity index (χ3n) is 2.29. The highest BCUT2D eigenvalue weighted by atomic mass is 32.2. The Morgan fingerprint density at radius 3 is 2.57 bits per heavy atom. The molecule has 0 saturated carbocycles. The third-order valence-corrected chi connectivity index (χ3v) is 3.40. The molecular weight excluding hydrogens is 198 g/mol. The quantitative estimate of drug-likeness (QED) is 0.715. The van der Waals surface area contributed by atoms with Crippen LogP contribution in [-0.4, -0.2) is 19.2 Å². The van der Waals surface area contributed by atoms with Gasteiger partial charge in [0.05, 0.1) is 4.90 Å². The van der Waals surface area contributed by atoms with E-state index in [1.807, 2.05) is 29.9 Å². The van der Waals surface area contributed by atoms with Gasteiger partial charge in [0.25, 0.3) is 0 Å². The molecule has 0 fully saturated rings. The zero-order valence-corrected chi connectivity index (χ0v) is 8.88. The van der Waals surface area contributed by atoms with E-state index in [0.29, 0.717) is 4.90 Å². The molecule has 0 atom stereocenters. The third kappa shape index (κ3) is 1.42. The second kappa shape index (κ2) is 2.85. The first-order chi connectivity index (χ1) is 6.48. The molecule has 0 aliphatic rings.